The molecule has 2 unspecified atom stereocenters. The molecule has 4 heteroatoms. The molecule has 1 amide bonds. The Balaban J connectivity index is 3.46. The highest BCUT2D eigenvalue weighted by atomic mass is 16.3. The van der Waals surface area contributed by atoms with Crippen LogP contribution < -0.4 is 11.1 Å². The van der Waals surface area contributed by atoms with Crippen molar-refractivity contribution < 1.29 is 9.90 Å². The topological polar surface area (TPSA) is 75.4 Å². The van der Waals surface area contributed by atoms with Gasteiger partial charge in [0.2, 0.25) is 5.91 Å². The van der Waals surface area contributed by atoms with Gasteiger partial charge in [0.25, 0.3) is 0 Å². The molecule has 0 aromatic carbocycles. The predicted molar refractivity (Wildman–Crippen MR) is 56.7 cm³/mol. The van der Waals surface area contributed by atoms with Crippen molar-refractivity contribution in [3.05, 3.63) is 0 Å². The number of aliphatic hydroxyl groups is 1. The van der Waals surface area contributed by atoms with E-state index in [9.17, 15) is 4.79 Å². The molecule has 0 heterocycles. The second-order valence-electron chi connectivity index (χ2n) is 3.97. The van der Waals surface area contributed by atoms with Crippen LogP contribution in [-0.2, 0) is 4.79 Å². The van der Waals surface area contributed by atoms with Gasteiger partial charge >= 0.3 is 0 Å². The van der Waals surface area contributed by atoms with Crippen molar-refractivity contribution in [1.29, 1.82) is 0 Å². The fraction of sp³-hybridized carbons (Fsp3) is 0.900. The van der Waals surface area contributed by atoms with Crippen LogP contribution in [0.2, 0.25) is 0 Å². The second kappa shape index (κ2) is 7.76. The van der Waals surface area contributed by atoms with Crippen LogP contribution in [0.3, 0.4) is 0 Å². The van der Waals surface area contributed by atoms with Crippen LogP contribution in [0.15, 0.2) is 0 Å². The van der Waals surface area contributed by atoms with Gasteiger partial charge in [-0.05, 0) is 24.8 Å². The molecule has 0 aromatic rings. The molecule has 0 saturated heterocycles. The first-order valence-corrected chi connectivity index (χ1v) is 5.17. The van der Waals surface area contributed by atoms with Gasteiger partial charge in [-0.25, -0.2) is 0 Å². The molecule has 0 aliphatic rings. The van der Waals surface area contributed by atoms with E-state index in [4.69, 9.17) is 10.8 Å². The molecule has 84 valence electrons. The van der Waals surface area contributed by atoms with Crippen molar-refractivity contribution in [2.45, 2.75) is 26.7 Å². The minimum Gasteiger partial charge on any atom is -0.396 e. The normalized spacial score (nSPS) is 14.9. The number of hydrogen-bond acceptors (Lipinski definition) is 3. The number of hydrogen-bond donors (Lipinski definition) is 3. The van der Waals surface area contributed by atoms with Gasteiger partial charge in [-0.1, -0.05) is 13.8 Å². The summed E-state index contributed by atoms with van der Waals surface area (Å²) in [5.74, 6) is 0.576. The van der Waals surface area contributed by atoms with Crippen LogP contribution >= 0.6 is 0 Å². The summed E-state index contributed by atoms with van der Waals surface area (Å²) in [6, 6.07) is 0. The molecule has 14 heavy (non-hydrogen) atoms. The van der Waals surface area contributed by atoms with E-state index < -0.39 is 0 Å². The van der Waals surface area contributed by atoms with E-state index in [-0.39, 0.29) is 18.4 Å². The highest BCUT2D eigenvalue weighted by Gasteiger charge is 2.06. The lowest BCUT2D eigenvalue weighted by molar-refractivity contribution is -0.121. The number of carbonyl (C=O) groups is 1. The predicted octanol–water partition coefficient (Wildman–Crippen LogP) is 0.106. The molecule has 2 atom stereocenters. The van der Waals surface area contributed by atoms with E-state index in [0.717, 1.165) is 6.42 Å². The van der Waals surface area contributed by atoms with Gasteiger partial charge in [0.15, 0.2) is 0 Å². The molecular formula is C10H22N2O2. The number of amides is 1. The van der Waals surface area contributed by atoms with Gasteiger partial charge in [0.05, 0.1) is 0 Å². The van der Waals surface area contributed by atoms with Crippen LogP contribution in [0.1, 0.15) is 26.7 Å². The molecule has 0 aliphatic carbocycles. The van der Waals surface area contributed by atoms with Gasteiger partial charge in [-0.15, -0.1) is 0 Å². The zero-order valence-corrected chi connectivity index (χ0v) is 9.12. The zero-order chi connectivity index (χ0) is 11.0. The van der Waals surface area contributed by atoms with Crippen molar-refractivity contribution in [3.8, 4) is 0 Å². The number of carbonyl (C=O) groups excluding carboxylic acids is 1. The molecular weight excluding hydrogens is 180 g/mol. The van der Waals surface area contributed by atoms with E-state index in [0.29, 0.717) is 25.4 Å². The first-order valence-electron chi connectivity index (χ1n) is 5.17. The smallest absolute Gasteiger partial charge is 0.220 e. The molecule has 4 N–H and O–H groups in total. The summed E-state index contributed by atoms with van der Waals surface area (Å²) >= 11 is 0. The Hall–Kier alpha value is -0.610. The molecule has 0 saturated carbocycles. The second-order valence-corrected chi connectivity index (χ2v) is 3.97. The maximum Gasteiger partial charge on any atom is 0.220 e. The Kier molecular flexibility index (Phi) is 7.42. The van der Waals surface area contributed by atoms with Crippen molar-refractivity contribution in [2.75, 3.05) is 19.7 Å². The van der Waals surface area contributed by atoms with Gasteiger partial charge < -0.3 is 16.2 Å². The SMILES string of the molecule is CC(CN)CCC(=O)NCC(C)CO. The fourth-order valence-electron chi connectivity index (χ4n) is 0.936. The molecule has 0 fully saturated rings. The average Bonchev–Trinajstić information content (AvgIpc) is 2.22. The fourth-order valence-corrected chi connectivity index (χ4v) is 0.936. The third kappa shape index (κ3) is 6.86. The highest BCUT2D eigenvalue weighted by Crippen LogP contribution is 2.02. The average molecular weight is 202 g/mol. The summed E-state index contributed by atoms with van der Waals surface area (Å²) in [6.07, 6.45) is 1.35. The summed E-state index contributed by atoms with van der Waals surface area (Å²) < 4.78 is 0. The Morgan fingerprint density at radius 3 is 2.57 bits per heavy atom. The van der Waals surface area contributed by atoms with E-state index in [1.165, 1.54) is 0 Å². The standard InChI is InChI=1S/C10H22N2O2/c1-8(5-11)3-4-10(14)12-6-9(2)7-13/h8-9,13H,3-7,11H2,1-2H3,(H,12,14). The lowest BCUT2D eigenvalue weighted by Crippen LogP contribution is -2.29. The zero-order valence-electron chi connectivity index (χ0n) is 9.12. The van der Waals surface area contributed by atoms with Crippen molar-refractivity contribution in [1.82, 2.24) is 5.32 Å². The lowest BCUT2D eigenvalue weighted by atomic mass is 10.1. The van der Waals surface area contributed by atoms with Gasteiger partial charge in [-0.2, -0.15) is 0 Å². The minimum absolute atomic E-state index is 0.0469. The minimum atomic E-state index is 0.0469. The summed E-state index contributed by atoms with van der Waals surface area (Å²) in [5, 5.41) is 11.5. The van der Waals surface area contributed by atoms with Gasteiger partial charge in [-0.3, -0.25) is 4.79 Å². The van der Waals surface area contributed by atoms with Crippen LogP contribution in [0.4, 0.5) is 0 Å². The molecule has 4 nitrogen and oxygen atoms in total. The van der Waals surface area contributed by atoms with E-state index in [1.807, 2.05) is 13.8 Å². The Morgan fingerprint density at radius 1 is 1.43 bits per heavy atom. The van der Waals surface area contributed by atoms with Gasteiger partial charge in [0, 0.05) is 19.6 Å². The third-order valence-corrected chi connectivity index (χ3v) is 2.23. The van der Waals surface area contributed by atoms with E-state index in [1.54, 1.807) is 0 Å². The van der Waals surface area contributed by atoms with Crippen molar-refractivity contribution >= 4 is 5.91 Å². The Labute approximate surface area is 85.9 Å². The van der Waals surface area contributed by atoms with E-state index in [2.05, 4.69) is 5.32 Å². The maximum absolute atomic E-state index is 11.3. The molecule has 0 bridgehead atoms. The number of aliphatic hydroxyl groups excluding tert-OH is 1. The molecule has 0 aliphatic heterocycles. The first kappa shape index (κ1) is 13.4. The molecule has 0 spiro atoms. The number of rotatable bonds is 7. The molecule has 0 rings (SSSR count). The quantitative estimate of drug-likeness (QED) is 0.548. The Morgan fingerprint density at radius 2 is 2.07 bits per heavy atom. The summed E-state index contributed by atoms with van der Waals surface area (Å²) in [4.78, 5) is 11.3. The van der Waals surface area contributed by atoms with Gasteiger partial charge in [0.1, 0.15) is 0 Å². The lowest BCUT2D eigenvalue weighted by Gasteiger charge is -2.11. The highest BCUT2D eigenvalue weighted by molar-refractivity contribution is 5.75. The third-order valence-electron chi connectivity index (χ3n) is 2.23. The van der Waals surface area contributed by atoms with Crippen LogP contribution in [-0.4, -0.2) is 30.7 Å². The Bertz CT molecular complexity index is 146. The van der Waals surface area contributed by atoms with Crippen LogP contribution in [0.5, 0.6) is 0 Å². The summed E-state index contributed by atoms with van der Waals surface area (Å²) in [5.41, 5.74) is 5.44. The largest absolute Gasteiger partial charge is 0.396 e. The first-order chi connectivity index (χ1) is 6.60. The number of nitrogens with one attached hydrogen (secondary N) is 1. The van der Waals surface area contributed by atoms with Crippen LogP contribution in [0, 0.1) is 11.8 Å². The van der Waals surface area contributed by atoms with Crippen molar-refractivity contribution in [2.24, 2.45) is 17.6 Å². The summed E-state index contributed by atoms with van der Waals surface area (Å²) in [6.45, 7) is 5.21. The maximum atomic E-state index is 11.3. The number of nitrogens with two attached hydrogens (primary N) is 1. The van der Waals surface area contributed by atoms with Crippen LogP contribution in [0.25, 0.3) is 0 Å². The molecule has 0 radical (unpaired) electrons. The molecule has 0 aromatic heterocycles. The summed E-state index contributed by atoms with van der Waals surface area (Å²) in [7, 11) is 0. The monoisotopic (exact) mass is 202 g/mol. The van der Waals surface area contributed by atoms with Crippen molar-refractivity contribution in [3.63, 3.8) is 0 Å². The van der Waals surface area contributed by atoms with E-state index >= 15 is 0 Å².